The molecule has 2 heterocycles. The molecule has 0 spiro atoms. The molecule has 0 radical (unpaired) electrons. The lowest BCUT2D eigenvalue weighted by molar-refractivity contribution is -0.119. The number of hydrogen-bond acceptors (Lipinski definition) is 3. The number of amides is 1. The van der Waals surface area contributed by atoms with Gasteiger partial charge in [0.15, 0.2) is 0 Å². The zero-order valence-corrected chi connectivity index (χ0v) is 14.5. The van der Waals surface area contributed by atoms with Crippen molar-refractivity contribution in [2.75, 3.05) is 11.4 Å². The van der Waals surface area contributed by atoms with Crippen molar-refractivity contribution in [1.29, 1.82) is 0 Å². The van der Waals surface area contributed by atoms with Gasteiger partial charge in [-0.25, -0.2) is 0 Å². The number of fused-ring (bicyclic) bond motifs is 1. The molecule has 2 aromatic carbocycles. The molecule has 2 N–H and O–H groups in total. The Balaban J connectivity index is 1.53. The van der Waals surface area contributed by atoms with Crippen LogP contribution < -0.4 is 10.6 Å². The summed E-state index contributed by atoms with van der Waals surface area (Å²) >= 11 is 0. The fraction of sp³-hybridized carbons (Fsp3) is 0.182. The third kappa shape index (κ3) is 3.24. The first-order valence-corrected chi connectivity index (χ1v) is 8.86. The molecule has 1 aliphatic heterocycles. The van der Waals surface area contributed by atoms with Crippen molar-refractivity contribution in [1.82, 2.24) is 4.98 Å². The highest BCUT2D eigenvalue weighted by Crippen LogP contribution is 2.32. The van der Waals surface area contributed by atoms with E-state index in [-0.39, 0.29) is 5.91 Å². The maximum absolute atomic E-state index is 12.9. The van der Waals surface area contributed by atoms with E-state index in [0.29, 0.717) is 13.0 Å². The first-order chi connectivity index (χ1) is 12.7. The van der Waals surface area contributed by atoms with E-state index in [1.54, 1.807) is 12.4 Å². The van der Waals surface area contributed by atoms with E-state index in [1.165, 1.54) is 5.56 Å². The number of anilines is 1. The Labute approximate surface area is 153 Å². The van der Waals surface area contributed by atoms with Gasteiger partial charge in [-0.15, -0.1) is 0 Å². The summed E-state index contributed by atoms with van der Waals surface area (Å²) in [6.07, 6.45) is 5.00. The molecule has 1 atom stereocenters. The van der Waals surface area contributed by atoms with Crippen LogP contribution >= 0.6 is 0 Å². The molecular formula is C22H21N3O. The molecule has 0 unspecified atom stereocenters. The van der Waals surface area contributed by atoms with Gasteiger partial charge in [-0.3, -0.25) is 9.78 Å². The summed E-state index contributed by atoms with van der Waals surface area (Å²) in [7, 11) is 0. The Morgan fingerprint density at radius 1 is 1.04 bits per heavy atom. The first kappa shape index (κ1) is 16.5. The van der Waals surface area contributed by atoms with Crippen molar-refractivity contribution in [2.45, 2.75) is 18.9 Å². The van der Waals surface area contributed by atoms with Gasteiger partial charge in [0.2, 0.25) is 5.91 Å². The number of pyridine rings is 1. The zero-order valence-electron chi connectivity index (χ0n) is 14.5. The Morgan fingerprint density at radius 3 is 2.58 bits per heavy atom. The maximum Gasteiger partial charge on any atom is 0.244 e. The molecule has 0 bridgehead atoms. The van der Waals surface area contributed by atoms with E-state index < -0.39 is 6.04 Å². The fourth-order valence-electron chi connectivity index (χ4n) is 3.51. The summed E-state index contributed by atoms with van der Waals surface area (Å²) in [4.78, 5) is 18.8. The number of benzene rings is 2. The monoisotopic (exact) mass is 343 g/mol. The second-order valence-corrected chi connectivity index (χ2v) is 6.62. The van der Waals surface area contributed by atoms with Gasteiger partial charge >= 0.3 is 0 Å². The van der Waals surface area contributed by atoms with Crippen molar-refractivity contribution in [3.63, 3.8) is 0 Å². The third-order valence-electron chi connectivity index (χ3n) is 4.87. The van der Waals surface area contributed by atoms with Gasteiger partial charge in [0, 0.05) is 24.6 Å². The number of rotatable bonds is 4. The van der Waals surface area contributed by atoms with Crippen LogP contribution in [0.3, 0.4) is 0 Å². The molecule has 130 valence electrons. The molecule has 1 aliphatic rings. The molecule has 4 rings (SSSR count). The summed E-state index contributed by atoms with van der Waals surface area (Å²) in [5, 5.41) is 0. The van der Waals surface area contributed by atoms with E-state index in [2.05, 4.69) is 17.1 Å². The van der Waals surface area contributed by atoms with Crippen LogP contribution in [-0.4, -0.2) is 23.5 Å². The summed E-state index contributed by atoms with van der Waals surface area (Å²) in [6.45, 7) is 0.691. The average Bonchev–Trinajstić information content (AvgIpc) is 3.12. The van der Waals surface area contributed by atoms with Gasteiger partial charge in [-0.05, 0) is 59.4 Å². The lowest BCUT2D eigenvalue weighted by Crippen LogP contribution is -2.44. The second-order valence-electron chi connectivity index (χ2n) is 6.62. The van der Waals surface area contributed by atoms with Gasteiger partial charge in [-0.2, -0.15) is 0 Å². The standard InChI is InChI=1S/C22H21N3O/c23-20(14-16-4-2-1-3-5-16)22(26)25-13-10-19-15-18(6-7-21(19)25)17-8-11-24-12-9-17/h1-9,11-12,15,20H,10,13-14,23H2/t20-/m1/s1. The average molecular weight is 343 g/mol. The topological polar surface area (TPSA) is 59.2 Å². The minimum Gasteiger partial charge on any atom is -0.320 e. The van der Waals surface area contributed by atoms with Crippen molar-refractivity contribution < 1.29 is 4.79 Å². The van der Waals surface area contributed by atoms with E-state index in [4.69, 9.17) is 5.73 Å². The molecular weight excluding hydrogens is 322 g/mol. The molecule has 0 aliphatic carbocycles. The van der Waals surface area contributed by atoms with E-state index >= 15 is 0 Å². The van der Waals surface area contributed by atoms with E-state index in [9.17, 15) is 4.79 Å². The molecule has 26 heavy (non-hydrogen) atoms. The highest BCUT2D eigenvalue weighted by molar-refractivity contribution is 5.99. The van der Waals surface area contributed by atoms with Crippen molar-refractivity contribution in [3.8, 4) is 11.1 Å². The number of nitrogens with zero attached hydrogens (tertiary/aromatic N) is 2. The normalized spacial score (nSPS) is 14.1. The Kier molecular flexibility index (Phi) is 4.50. The molecule has 0 saturated carbocycles. The number of carbonyl (C=O) groups excluding carboxylic acids is 1. The fourth-order valence-corrected chi connectivity index (χ4v) is 3.51. The Hall–Kier alpha value is -2.98. The van der Waals surface area contributed by atoms with Crippen LogP contribution in [0, 0.1) is 0 Å². The largest absolute Gasteiger partial charge is 0.320 e. The third-order valence-corrected chi connectivity index (χ3v) is 4.87. The maximum atomic E-state index is 12.9. The minimum atomic E-state index is -0.525. The number of nitrogens with two attached hydrogens (primary N) is 1. The van der Waals surface area contributed by atoms with Crippen LogP contribution in [-0.2, 0) is 17.6 Å². The van der Waals surface area contributed by atoms with Gasteiger partial charge in [-0.1, -0.05) is 36.4 Å². The number of aromatic nitrogens is 1. The van der Waals surface area contributed by atoms with Crippen molar-refractivity contribution >= 4 is 11.6 Å². The molecule has 0 fully saturated rings. The second kappa shape index (κ2) is 7.10. The van der Waals surface area contributed by atoms with E-state index in [1.807, 2.05) is 53.4 Å². The summed E-state index contributed by atoms with van der Waals surface area (Å²) in [5.41, 5.74) is 11.7. The summed E-state index contributed by atoms with van der Waals surface area (Å²) in [5.74, 6) is -0.00994. The van der Waals surface area contributed by atoms with Crippen molar-refractivity contribution in [2.24, 2.45) is 5.73 Å². The molecule has 4 heteroatoms. The van der Waals surface area contributed by atoms with Crippen LogP contribution in [0.15, 0.2) is 73.1 Å². The lowest BCUT2D eigenvalue weighted by Gasteiger charge is -2.22. The number of carbonyl (C=O) groups is 1. The SMILES string of the molecule is N[C@H](Cc1ccccc1)C(=O)N1CCc2cc(-c3ccncc3)ccc21. The van der Waals surface area contributed by atoms with Crippen LogP contribution in [0.25, 0.3) is 11.1 Å². The van der Waals surface area contributed by atoms with Crippen LogP contribution in [0.4, 0.5) is 5.69 Å². The lowest BCUT2D eigenvalue weighted by atomic mass is 10.0. The summed E-state index contributed by atoms with van der Waals surface area (Å²) < 4.78 is 0. The van der Waals surface area contributed by atoms with Gasteiger partial charge in [0.05, 0.1) is 6.04 Å². The van der Waals surface area contributed by atoms with Crippen LogP contribution in [0.1, 0.15) is 11.1 Å². The highest BCUT2D eigenvalue weighted by atomic mass is 16.2. The molecule has 0 saturated heterocycles. The molecule has 3 aromatic rings. The molecule has 1 aromatic heterocycles. The van der Waals surface area contributed by atoms with Crippen LogP contribution in [0.2, 0.25) is 0 Å². The molecule has 1 amide bonds. The zero-order chi connectivity index (χ0) is 17.9. The van der Waals surface area contributed by atoms with Crippen molar-refractivity contribution in [3.05, 3.63) is 84.2 Å². The first-order valence-electron chi connectivity index (χ1n) is 8.86. The smallest absolute Gasteiger partial charge is 0.244 e. The van der Waals surface area contributed by atoms with Gasteiger partial charge in [0.1, 0.15) is 0 Å². The van der Waals surface area contributed by atoms with Gasteiger partial charge < -0.3 is 10.6 Å². The van der Waals surface area contributed by atoms with Crippen LogP contribution in [0.5, 0.6) is 0 Å². The quantitative estimate of drug-likeness (QED) is 0.791. The highest BCUT2D eigenvalue weighted by Gasteiger charge is 2.28. The minimum absolute atomic E-state index is 0.00994. The predicted molar refractivity (Wildman–Crippen MR) is 104 cm³/mol. The molecule has 4 nitrogen and oxygen atoms in total. The Bertz CT molecular complexity index is 909. The number of hydrogen-bond donors (Lipinski definition) is 1. The van der Waals surface area contributed by atoms with E-state index in [0.717, 1.165) is 28.8 Å². The summed E-state index contributed by atoms with van der Waals surface area (Å²) in [6, 6.07) is 19.6. The Morgan fingerprint density at radius 2 is 1.81 bits per heavy atom. The van der Waals surface area contributed by atoms with Gasteiger partial charge in [0.25, 0.3) is 0 Å². The predicted octanol–water partition coefficient (Wildman–Crippen LogP) is 3.21.